The molecule has 0 rings (SSSR count). The summed E-state index contributed by atoms with van der Waals surface area (Å²) in [4.78, 5) is 11.3. The van der Waals surface area contributed by atoms with Gasteiger partial charge in [0.05, 0.1) is 6.61 Å². The van der Waals surface area contributed by atoms with Crippen molar-refractivity contribution in [1.82, 2.24) is 0 Å². The molecule has 0 aromatic heterocycles. The minimum absolute atomic E-state index is 0.133. The molecule has 0 saturated carbocycles. The van der Waals surface area contributed by atoms with E-state index in [1.807, 2.05) is 0 Å². The van der Waals surface area contributed by atoms with Crippen molar-refractivity contribution < 1.29 is 14.0 Å². The summed E-state index contributed by atoms with van der Waals surface area (Å²) in [6, 6.07) is 0. The molecule has 118 valence electrons. The molecule has 5 heteroatoms. The van der Waals surface area contributed by atoms with E-state index in [0.717, 1.165) is 0 Å². The molecule has 0 fully saturated rings. The van der Waals surface area contributed by atoms with Gasteiger partial charge in [-0.2, -0.15) is 0 Å². The number of carbonyl (C=O) groups is 1. The molecule has 0 radical (unpaired) electrons. The molecule has 0 amide bonds. The Hall–Kier alpha value is -0.323. The van der Waals surface area contributed by atoms with Crippen molar-refractivity contribution >= 4 is 25.9 Å². The molecule has 3 nitrogen and oxygen atoms in total. The van der Waals surface area contributed by atoms with Crippen molar-refractivity contribution in [2.24, 2.45) is 5.92 Å². The minimum atomic E-state index is -1.91. The molecule has 0 spiro atoms. The average Bonchev–Trinajstić information content (AvgIpc) is 2.35. The molecule has 0 aromatic carbocycles. The third-order valence-corrected chi connectivity index (χ3v) is 9.25. The maximum absolute atomic E-state index is 11.3. The lowest BCUT2D eigenvalue weighted by molar-refractivity contribution is -0.147. The van der Waals surface area contributed by atoms with E-state index in [2.05, 4.69) is 47.4 Å². The first-order chi connectivity index (χ1) is 9.08. The van der Waals surface area contributed by atoms with Crippen LogP contribution < -0.4 is 0 Å². The Bertz CT molecular complexity index is 327. The highest BCUT2D eigenvalue weighted by atomic mass is 35.5. The fourth-order valence-corrected chi connectivity index (χ4v) is 4.16. The summed E-state index contributed by atoms with van der Waals surface area (Å²) in [5, 5.41) is 0.141. The second kappa shape index (κ2) is 8.20. The van der Waals surface area contributed by atoms with Gasteiger partial charge in [-0.05, 0) is 24.1 Å². The van der Waals surface area contributed by atoms with Crippen LogP contribution in [0.2, 0.25) is 18.1 Å². The molecule has 1 unspecified atom stereocenters. The number of ether oxygens (including phenoxy) is 1. The van der Waals surface area contributed by atoms with Gasteiger partial charge in [0.2, 0.25) is 0 Å². The van der Waals surface area contributed by atoms with Crippen LogP contribution >= 0.6 is 11.6 Å². The molecule has 1 atom stereocenters. The number of rotatable bonds is 9. The zero-order valence-corrected chi connectivity index (χ0v) is 15.4. The van der Waals surface area contributed by atoms with Crippen molar-refractivity contribution in [2.75, 3.05) is 12.5 Å². The summed E-state index contributed by atoms with van der Waals surface area (Å²) < 4.78 is 11.5. The van der Waals surface area contributed by atoms with E-state index in [9.17, 15) is 4.79 Å². The lowest BCUT2D eigenvalue weighted by atomic mass is 9.99. The summed E-state index contributed by atoms with van der Waals surface area (Å²) in [7, 11) is -1.91. The van der Waals surface area contributed by atoms with Crippen LogP contribution in [0, 0.1) is 5.92 Å². The normalized spacial score (nSPS) is 14.2. The number of hydrogen-bond acceptors (Lipinski definition) is 3. The Morgan fingerprint density at radius 1 is 1.40 bits per heavy atom. The zero-order chi connectivity index (χ0) is 16.0. The van der Waals surface area contributed by atoms with Crippen LogP contribution in [-0.4, -0.2) is 32.9 Å². The summed E-state index contributed by atoms with van der Waals surface area (Å²) in [5.74, 6) is -0.0106. The van der Waals surface area contributed by atoms with Crippen LogP contribution in [0.5, 0.6) is 0 Å². The van der Waals surface area contributed by atoms with Crippen molar-refractivity contribution in [1.29, 1.82) is 0 Å². The summed E-state index contributed by atoms with van der Waals surface area (Å²) in [6.07, 6.45) is 2.01. The van der Waals surface area contributed by atoms with Crippen LogP contribution in [0.3, 0.4) is 0 Å². The molecule has 0 aliphatic rings. The maximum Gasteiger partial charge on any atom is 0.321 e. The van der Waals surface area contributed by atoms with E-state index in [0.29, 0.717) is 18.9 Å². The van der Waals surface area contributed by atoms with E-state index in [1.54, 1.807) is 6.08 Å². The molecule has 0 bridgehead atoms. The van der Waals surface area contributed by atoms with Gasteiger partial charge in [-0.1, -0.05) is 33.8 Å². The van der Waals surface area contributed by atoms with Gasteiger partial charge in [0.1, 0.15) is 12.0 Å². The fourth-order valence-electron chi connectivity index (χ4n) is 1.74. The largest absolute Gasteiger partial charge is 0.459 e. The zero-order valence-electron chi connectivity index (χ0n) is 13.7. The van der Waals surface area contributed by atoms with Gasteiger partial charge in [-0.3, -0.25) is 4.79 Å². The highest BCUT2D eigenvalue weighted by Gasteiger charge is 2.43. The summed E-state index contributed by atoms with van der Waals surface area (Å²) >= 11 is 5.47. The van der Waals surface area contributed by atoms with Gasteiger partial charge in [0.15, 0.2) is 8.32 Å². The lowest BCUT2D eigenvalue weighted by Crippen LogP contribution is -2.47. The van der Waals surface area contributed by atoms with Gasteiger partial charge in [0.25, 0.3) is 0 Å². The van der Waals surface area contributed by atoms with E-state index < -0.39 is 14.3 Å². The Morgan fingerprint density at radius 3 is 2.35 bits per heavy atom. The van der Waals surface area contributed by atoms with Gasteiger partial charge in [0, 0.05) is 6.42 Å². The maximum atomic E-state index is 11.3. The lowest BCUT2D eigenvalue weighted by Gasteiger charge is -2.43. The Balaban J connectivity index is 4.67. The third kappa shape index (κ3) is 5.58. The molecule has 0 saturated heterocycles. The van der Waals surface area contributed by atoms with Crippen LogP contribution in [0.25, 0.3) is 0 Å². The number of alkyl halides is 1. The Kier molecular flexibility index (Phi) is 8.07. The van der Waals surface area contributed by atoms with Gasteiger partial charge in [-0.15, -0.1) is 18.2 Å². The molecule has 0 heterocycles. The number of esters is 1. The first-order valence-corrected chi connectivity index (χ1v) is 10.5. The third-order valence-electron chi connectivity index (χ3n) is 4.46. The topological polar surface area (TPSA) is 35.5 Å². The van der Waals surface area contributed by atoms with Crippen LogP contribution in [0.4, 0.5) is 0 Å². The standard InChI is InChI=1S/C15H29ClO3Si/c1-8-9-13(19-14(17)10-16)11-18-20(6,7)15(4,5)12(2)3/h8,12-13H,1,9-11H2,2-7H3. The second-order valence-corrected chi connectivity index (χ2v) is 11.3. The quantitative estimate of drug-likeness (QED) is 0.274. The first kappa shape index (κ1) is 19.7. The molecule has 0 N–H and O–H groups in total. The van der Waals surface area contributed by atoms with Crippen molar-refractivity contribution in [3.05, 3.63) is 12.7 Å². The van der Waals surface area contributed by atoms with E-state index in [4.69, 9.17) is 20.8 Å². The van der Waals surface area contributed by atoms with Crippen LogP contribution in [-0.2, 0) is 14.0 Å². The predicted octanol–water partition coefficient (Wildman–Crippen LogP) is 4.37. The SMILES string of the molecule is C=CCC(CO[Si](C)(C)C(C)(C)C(C)C)OC(=O)CCl. The predicted molar refractivity (Wildman–Crippen MR) is 87.7 cm³/mol. The van der Waals surface area contributed by atoms with Gasteiger partial charge < -0.3 is 9.16 Å². The molecule has 20 heavy (non-hydrogen) atoms. The van der Waals surface area contributed by atoms with Crippen molar-refractivity contribution in [3.63, 3.8) is 0 Å². The summed E-state index contributed by atoms with van der Waals surface area (Å²) in [5.41, 5.74) is 0. The number of carbonyl (C=O) groups excluding carboxylic acids is 1. The molecule has 0 aliphatic carbocycles. The second-order valence-electron chi connectivity index (χ2n) is 6.47. The molecule has 0 aliphatic heterocycles. The van der Waals surface area contributed by atoms with Crippen LogP contribution in [0.15, 0.2) is 12.7 Å². The van der Waals surface area contributed by atoms with Gasteiger partial charge in [-0.25, -0.2) is 0 Å². The Morgan fingerprint density at radius 2 is 1.95 bits per heavy atom. The van der Waals surface area contributed by atoms with Gasteiger partial charge >= 0.3 is 5.97 Å². The highest BCUT2D eigenvalue weighted by Crippen LogP contribution is 2.44. The molecular formula is C15H29ClO3Si. The monoisotopic (exact) mass is 320 g/mol. The summed E-state index contributed by atoms with van der Waals surface area (Å²) in [6.45, 7) is 17.4. The van der Waals surface area contributed by atoms with Crippen molar-refractivity contribution in [3.8, 4) is 0 Å². The smallest absolute Gasteiger partial charge is 0.321 e. The van der Waals surface area contributed by atoms with Crippen LogP contribution in [0.1, 0.15) is 34.1 Å². The first-order valence-electron chi connectivity index (χ1n) is 7.08. The Labute approximate surface area is 129 Å². The molecule has 0 aromatic rings. The number of halogens is 1. The van der Waals surface area contributed by atoms with E-state index in [1.165, 1.54) is 0 Å². The average molecular weight is 321 g/mol. The minimum Gasteiger partial charge on any atom is -0.459 e. The molecular weight excluding hydrogens is 292 g/mol. The van der Waals surface area contributed by atoms with Crippen molar-refractivity contribution in [2.45, 2.75) is 58.4 Å². The highest BCUT2D eigenvalue weighted by molar-refractivity contribution is 6.74. The van der Waals surface area contributed by atoms with E-state index >= 15 is 0 Å². The van der Waals surface area contributed by atoms with E-state index in [-0.39, 0.29) is 17.0 Å². The fraction of sp³-hybridized carbons (Fsp3) is 0.800. The number of hydrogen-bond donors (Lipinski definition) is 0.